The molecule has 2 fully saturated rings. The number of likely N-dealkylation sites (tertiary alicyclic amines) is 1. The molecule has 3 aliphatic rings. The van der Waals surface area contributed by atoms with Crippen molar-refractivity contribution in [3.8, 4) is 17.8 Å². The Labute approximate surface area is 181 Å². The molecule has 1 aromatic heterocycles. The minimum absolute atomic E-state index is 0.121. The van der Waals surface area contributed by atoms with Crippen LogP contribution < -0.4 is 19.7 Å². The first kappa shape index (κ1) is 21.4. The topological polar surface area (TPSA) is 127 Å². The van der Waals surface area contributed by atoms with E-state index in [1.54, 1.807) is 0 Å². The molecule has 4 rings (SSSR count). The number of hydrogen-bond acceptors (Lipinski definition) is 9. The molecule has 2 atom stereocenters. The van der Waals surface area contributed by atoms with Gasteiger partial charge in [-0.1, -0.05) is 0 Å². The van der Waals surface area contributed by atoms with Gasteiger partial charge in [-0.2, -0.15) is 15.2 Å². The van der Waals surface area contributed by atoms with Crippen molar-refractivity contribution in [2.75, 3.05) is 57.9 Å². The highest BCUT2D eigenvalue weighted by molar-refractivity contribution is 5.66. The zero-order chi connectivity index (χ0) is 21.8. The van der Waals surface area contributed by atoms with Crippen molar-refractivity contribution in [1.82, 2.24) is 25.1 Å². The van der Waals surface area contributed by atoms with Crippen LogP contribution in [0.3, 0.4) is 0 Å². The quantitative estimate of drug-likeness (QED) is 0.681. The molecule has 0 spiro atoms. The second-order valence-corrected chi connectivity index (χ2v) is 8.16. The van der Waals surface area contributed by atoms with Crippen molar-refractivity contribution < 1.29 is 19.4 Å². The first-order valence-electron chi connectivity index (χ1n) is 10.8. The van der Waals surface area contributed by atoms with E-state index in [0.29, 0.717) is 69.6 Å². The van der Waals surface area contributed by atoms with Gasteiger partial charge in [0.25, 0.3) is 0 Å². The van der Waals surface area contributed by atoms with Crippen LogP contribution >= 0.6 is 0 Å². The number of nitrogens with one attached hydrogen (secondary N) is 1. The Balaban J connectivity index is 1.59. The maximum absolute atomic E-state index is 11.6. The molecule has 0 radical (unpaired) electrons. The van der Waals surface area contributed by atoms with Gasteiger partial charge in [0.15, 0.2) is 11.6 Å². The summed E-state index contributed by atoms with van der Waals surface area (Å²) in [6, 6.07) is 2.32. The lowest BCUT2D eigenvalue weighted by Gasteiger charge is -2.40. The van der Waals surface area contributed by atoms with E-state index in [0.717, 1.165) is 25.1 Å². The Bertz CT molecular complexity index is 846. The normalized spacial score (nSPS) is 24.1. The molecule has 0 bridgehead atoms. The lowest BCUT2D eigenvalue weighted by atomic mass is 10.1. The number of aromatic nitrogens is 2. The van der Waals surface area contributed by atoms with E-state index in [-0.39, 0.29) is 6.42 Å². The SMILES string of the molecule is CN1CCC[C@H]1COc1nc2c(c(N3CCN(C(=O)O)[C@@H](CC#N)C3)n1)OCCNC2. The average molecular weight is 431 g/mol. The van der Waals surface area contributed by atoms with E-state index in [1.165, 1.54) is 4.90 Å². The fraction of sp³-hybridized carbons (Fsp3) is 0.700. The molecule has 0 saturated carbocycles. The molecule has 3 aliphatic heterocycles. The summed E-state index contributed by atoms with van der Waals surface area (Å²) in [5.41, 5.74) is 0.731. The number of nitrogens with zero attached hydrogens (tertiary/aromatic N) is 6. The summed E-state index contributed by atoms with van der Waals surface area (Å²) in [7, 11) is 2.10. The van der Waals surface area contributed by atoms with Crippen molar-refractivity contribution >= 4 is 11.9 Å². The number of nitriles is 1. The molecule has 2 N–H and O–H groups in total. The summed E-state index contributed by atoms with van der Waals surface area (Å²) in [5, 5.41) is 21.9. The predicted octanol–water partition coefficient (Wildman–Crippen LogP) is 0.514. The van der Waals surface area contributed by atoms with Crippen LogP contribution in [-0.4, -0.2) is 96.0 Å². The van der Waals surface area contributed by atoms with Crippen LogP contribution in [0, 0.1) is 11.3 Å². The van der Waals surface area contributed by atoms with E-state index in [2.05, 4.69) is 33.3 Å². The molecule has 1 aromatic rings. The van der Waals surface area contributed by atoms with Gasteiger partial charge in [0.05, 0.1) is 18.5 Å². The summed E-state index contributed by atoms with van der Waals surface area (Å²) < 4.78 is 12.0. The summed E-state index contributed by atoms with van der Waals surface area (Å²) in [6.07, 6.45) is 1.36. The first-order valence-corrected chi connectivity index (χ1v) is 10.8. The molecule has 11 nitrogen and oxygen atoms in total. The summed E-state index contributed by atoms with van der Waals surface area (Å²) in [6.45, 7) is 4.44. The van der Waals surface area contributed by atoms with Gasteiger partial charge in [-0.3, -0.25) is 0 Å². The number of fused-ring (bicyclic) bond motifs is 1. The fourth-order valence-corrected chi connectivity index (χ4v) is 4.38. The molecule has 0 unspecified atom stereocenters. The Morgan fingerprint density at radius 1 is 1.35 bits per heavy atom. The zero-order valence-electron chi connectivity index (χ0n) is 17.8. The van der Waals surface area contributed by atoms with Crippen LogP contribution in [0.1, 0.15) is 25.0 Å². The molecule has 0 aromatic carbocycles. The minimum atomic E-state index is -1.01. The molecule has 0 aliphatic carbocycles. The van der Waals surface area contributed by atoms with Crippen LogP contribution in [0.25, 0.3) is 0 Å². The number of likely N-dealkylation sites (N-methyl/N-ethyl adjacent to an activating group) is 1. The van der Waals surface area contributed by atoms with E-state index < -0.39 is 12.1 Å². The number of carbonyl (C=O) groups is 1. The van der Waals surface area contributed by atoms with Crippen molar-refractivity contribution in [2.24, 2.45) is 0 Å². The maximum Gasteiger partial charge on any atom is 0.407 e. The lowest BCUT2D eigenvalue weighted by molar-refractivity contribution is 0.118. The largest absolute Gasteiger partial charge is 0.486 e. The number of hydrogen-bond donors (Lipinski definition) is 2. The molecule has 31 heavy (non-hydrogen) atoms. The van der Waals surface area contributed by atoms with Crippen molar-refractivity contribution in [2.45, 2.75) is 37.9 Å². The lowest BCUT2D eigenvalue weighted by Crippen LogP contribution is -2.55. The Kier molecular flexibility index (Phi) is 6.58. The van der Waals surface area contributed by atoms with Gasteiger partial charge in [-0.15, -0.1) is 0 Å². The summed E-state index contributed by atoms with van der Waals surface area (Å²) in [4.78, 5) is 26.4. The van der Waals surface area contributed by atoms with Crippen LogP contribution in [0.2, 0.25) is 0 Å². The van der Waals surface area contributed by atoms with Gasteiger partial charge < -0.3 is 34.6 Å². The Hall–Kier alpha value is -2.84. The Morgan fingerprint density at radius 2 is 2.23 bits per heavy atom. The summed E-state index contributed by atoms with van der Waals surface area (Å²) >= 11 is 0. The van der Waals surface area contributed by atoms with Crippen LogP contribution in [0.5, 0.6) is 11.8 Å². The molecule has 4 heterocycles. The van der Waals surface area contributed by atoms with Gasteiger partial charge in [0.1, 0.15) is 18.9 Å². The van der Waals surface area contributed by atoms with Gasteiger partial charge in [0, 0.05) is 38.8 Å². The predicted molar refractivity (Wildman–Crippen MR) is 111 cm³/mol. The van der Waals surface area contributed by atoms with Crippen LogP contribution in [-0.2, 0) is 6.54 Å². The van der Waals surface area contributed by atoms with E-state index in [9.17, 15) is 15.2 Å². The van der Waals surface area contributed by atoms with E-state index >= 15 is 0 Å². The number of anilines is 1. The van der Waals surface area contributed by atoms with Crippen molar-refractivity contribution in [3.63, 3.8) is 0 Å². The second kappa shape index (κ2) is 9.53. The van der Waals surface area contributed by atoms with Gasteiger partial charge in [-0.25, -0.2) is 4.79 Å². The second-order valence-electron chi connectivity index (χ2n) is 8.16. The third-order valence-corrected chi connectivity index (χ3v) is 6.15. The first-order chi connectivity index (χ1) is 15.1. The molecular weight excluding hydrogens is 402 g/mol. The van der Waals surface area contributed by atoms with Crippen LogP contribution in [0.4, 0.5) is 10.6 Å². The van der Waals surface area contributed by atoms with Crippen LogP contribution in [0.15, 0.2) is 0 Å². The minimum Gasteiger partial charge on any atom is -0.486 e. The van der Waals surface area contributed by atoms with E-state index in [4.69, 9.17) is 9.47 Å². The number of piperazine rings is 1. The van der Waals surface area contributed by atoms with Crippen molar-refractivity contribution in [1.29, 1.82) is 5.26 Å². The smallest absolute Gasteiger partial charge is 0.407 e. The summed E-state index contributed by atoms with van der Waals surface area (Å²) in [5.74, 6) is 1.21. The zero-order valence-corrected chi connectivity index (χ0v) is 17.8. The third kappa shape index (κ3) is 4.75. The highest BCUT2D eigenvalue weighted by Crippen LogP contribution is 2.34. The molecule has 168 valence electrons. The number of rotatable bonds is 5. The third-order valence-electron chi connectivity index (χ3n) is 6.15. The highest BCUT2D eigenvalue weighted by atomic mass is 16.5. The van der Waals surface area contributed by atoms with Gasteiger partial charge in [-0.05, 0) is 26.4 Å². The fourth-order valence-electron chi connectivity index (χ4n) is 4.38. The van der Waals surface area contributed by atoms with E-state index in [1.807, 2.05) is 4.90 Å². The molecule has 11 heteroatoms. The van der Waals surface area contributed by atoms with Gasteiger partial charge in [0.2, 0.25) is 0 Å². The monoisotopic (exact) mass is 431 g/mol. The number of ether oxygens (including phenoxy) is 2. The van der Waals surface area contributed by atoms with Crippen molar-refractivity contribution in [3.05, 3.63) is 5.69 Å². The Morgan fingerprint density at radius 3 is 2.97 bits per heavy atom. The number of amides is 1. The highest BCUT2D eigenvalue weighted by Gasteiger charge is 2.33. The molecule has 1 amide bonds. The maximum atomic E-state index is 11.6. The number of carboxylic acid groups (broad SMARTS) is 1. The van der Waals surface area contributed by atoms with Gasteiger partial charge >= 0.3 is 12.1 Å². The molecule has 2 saturated heterocycles. The molecular formula is C20H29N7O4. The average Bonchev–Trinajstić information content (AvgIpc) is 3.02. The standard InChI is InChI=1S/C20H29N7O4/c1-25-7-2-3-15(25)13-31-19-23-16-11-22-6-10-30-17(16)18(24-19)26-8-9-27(20(28)29)14(12-26)4-5-21/h14-15,22H,2-4,6-13H2,1H3,(H,28,29)/t14-,15-/m0/s1.